The van der Waals surface area contributed by atoms with Crippen LogP contribution in [0.1, 0.15) is 111 Å². The molecule has 5 aliphatic carbocycles. The van der Waals surface area contributed by atoms with Gasteiger partial charge in [-0.25, -0.2) is 0 Å². The summed E-state index contributed by atoms with van der Waals surface area (Å²) in [7, 11) is 6.01. The number of benzene rings is 1. The van der Waals surface area contributed by atoms with Crippen molar-refractivity contribution in [3.8, 4) is 5.75 Å². The van der Waals surface area contributed by atoms with Gasteiger partial charge in [-0.3, -0.25) is 4.79 Å². The second-order valence-corrected chi connectivity index (χ2v) is 18.5. The van der Waals surface area contributed by atoms with E-state index in [2.05, 4.69) is 102 Å². The summed E-state index contributed by atoms with van der Waals surface area (Å²) in [4.78, 5) is 20.5. The van der Waals surface area contributed by atoms with Crippen molar-refractivity contribution in [2.24, 2.45) is 51.2 Å². The summed E-state index contributed by atoms with van der Waals surface area (Å²) in [6, 6.07) is 6.58. The number of amides is 1. The van der Waals surface area contributed by atoms with Gasteiger partial charge in [0.05, 0.1) is 12.5 Å². The highest BCUT2D eigenvalue weighted by atomic mass is 16.5. The second kappa shape index (κ2) is 11.1. The average Bonchev–Trinajstić information content (AvgIpc) is 3.39. The van der Waals surface area contributed by atoms with Gasteiger partial charge in [0.2, 0.25) is 5.91 Å². The number of carbonyl (C=O) groups excluding carboxylic acids is 1. The summed E-state index contributed by atoms with van der Waals surface area (Å²) in [5, 5.41) is 4.83. The lowest BCUT2D eigenvalue weighted by molar-refractivity contribution is -0.169. The van der Waals surface area contributed by atoms with Crippen molar-refractivity contribution in [3.63, 3.8) is 0 Å². The van der Waals surface area contributed by atoms with Crippen molar-refractivity contribution in [1.29, 1.82) is 0 Å². The van der Waals surface area contributed by atoms with E-state index in [1.54, 1.807) is 12.7 Å². The van der Waals surface area contributed by atoms with Crippen LogP contribution >= 0.6 is 0 Å². The van der Waals surface area contributed by atoms with Crippen LogP contribution in [0.2, 0.25) is 0 Å². The molecule has 1 amide bonds. The van der Waals surface area contributed by atoms with Crippen molar-refractivity contribution in [1.82, 2.24) is 15.2 Å². The number of aromatic amines is 1. The number of methoxy groups -OCH3 is 1. The quantitative estimate of drug-likeness (QED) is 0.245. The fourth-order valence-corrected chi connectivity index (χ4v) is 13.1. The third-order valence-corrected chi connectivity index (χ3v) is 16.0. The molecule has 5 nitrogen and oxygen atoms in total. The number of H-pyrrole nitrogens is 1. The van der Waals surface area contributed by atoms with Gasteiger partial charge in [-0.05, 0) is 148 Å². The first-order valence-corrected chi connectivity index (χ1v) is 19.0. The summed E-state index contributed by atoms with van der Waals surface area (Å²) in [6.45, 7) is 19.8. The molecule has 2 N–H and O–H groups in total. The zero-order chi connectivity index (χ0) is 33.7. The van der Waals surface area contributed by atoms with Crippen LogP contribution in [0.3, 0.4) is 0 Å². The molecule has 5 heteroatoms. The fourth-order valence-electron chi connectivity index (χ4n) is 13.1. The highest BCUT2D eigenvalue weighted by molar-refractivity contribution is 5.87. The molecule has 7 rings (SSSR count). The maximum absolute atomic E-state index is 14.4. The number of nitrogens with one attached hydrogen (secondary N) is 2. The SMILES string of the molecule is COc1ccc2[nH]c3c(c2c1)C[C@]1(C)[C@H]2CC=C4[C@@H]5[C@@H](C)[C@H](C)CC[C@]5(C(=O)NCCCN(C)C)CC[C@@]4(C)[C@]2(C)CC[C@H]1C3(C)C. The molecule has 0 bridgehead atoms. The van der Waals surface area contributed by atoms with Crippen LogP contribution in [0.15, 0.2) is 29.8 Å². The molecule has 0 aliphatic heterocycles. The molecule has 9 atom stereocenters. The number of hydrogen-bond donors (Lipinski definition) is 2. The molecule has 2 aromatic rings. The third-order valence-electron chi connectivity index (χ3n) is 16.0. The molecular weight excluding hydrogens is 578 g/mol. The van der Waals surface area contributed by atoms with Crippen LogP contribution in [-0.4, -0.2) is 50.1 Å². The zero-order valence-corrected chi connectivity index (χ0v) is 31.2. The Kier molecular flexibility index (Phi) is 7.87. The first kappa shape index (κ1) is 33.2. The van der Waals surface area contributed by atoms with E-state index < -0.39 is 0 Å². The Morgan fingerprint density at radius 1 is 1.02 bits per heavy atom. The second-order valence-electron chi connectivity index (χ2n) is 18.5. The van der Waals surface area contributed by atoms with Gasteiger partial charge in [-0.1, -0.05) is 60.1 Å². The number of allylic oxidation sites excluding steroid dienone is 2. The Balaban J connectivity index is 1.28. The Bertz CT molecular complexity index is 1590. The number of fused-ring (bicyclic) bond motifs is 10. The summed E-state index contributed by atoms with van der Waals surface area (Å²) in [6.07, 6.45) is 12.9. The van der Waals surface area contributed by atoms with Gasteiger partial charge >= 0.3 is 0 Å². The van der Waals surface area contributed by atoms with Crippen LogP contribution < -0.4 is 10.1 Å². The van der Waals surface area contributed by atoms with Crippen LogP contribution in [0.5, 0.6) is 5.75 Å². The van der Waals surface area contributed by atoms with E-state index in [4.69, 9.17) is 4.74 Å². The van der Waals surface area contributed by atoms with Gasteiger partial charge in [0, 0.05) is 28.6 Å². The van der Waals surface area contributed by atoms with E-state index >= 15 is 0 Å². The van der Waals surface area contributed by atoms with Crippen molar-refractivity contribution in [2.45, 2.75) is 112 Å². The molecule has 0 spiro atoms. The molecule has 1 aromatic heterocycles. The zero-order valence-electron chi connectivity index (χ0n) is 31.2. The fraction of sp³-hybridized carbons (Fsp3) is 0.738. The molecule has 5 aliphatic rings. The first-order valence-electron chi connectivity index (χ1n) is 19.0. The van der Waals surface area contributed by atoms with Gasteiger partial charge < -0.3 is 19.9 Å². The van der Waals surface area contributed by atoms with E-state index in [0.717, 1.165) is 57.4 Å². The summed E-state index contributed by atoms with van der Waals surface area (Å²) < 4.78 is 5.71. The first-order chi connectivity index (χ1) is 22.1. The van der Waals surface area contributed by atoms with Crippen LogP contribution in [0.4, 0.5) is 0 Å². The topological polar surface area (TPSA) is 57.4 Å². The number of carbonyl (C=O) groups is 1. The van der Waals surface area contributed by atoms with E-state index in [-0.39, 0.29) is 27.1 Å². The van der Waals surface area contributed by atoms with Gasteiger partial charge in [0.1, 0.15) is 5.75 Å². The number of hydrogen-bond acceptors (Lipinski definition) is 3. The summed E-state index contributed by atoms with van der Waals surface area (Å²) >= 11 is 0. The lowest BCUT2D eigenvalue weighted by atomic mass is 9.33. The number of rotatable bonds is 6. The van der Waals surface area contributed by atoms with Gasteiger partial charge in [0.15, 0.2) is 0 Å². The monoisotopic (exact) mass is 641 g/mol. The molecule has 3 saturated carbocycles. The Labute approximate surface area is 285 Å². The lowest BCUT2D eigenvalue weighted by Crippen LogP contribution is -2.65. The molecule has 47 heavy (non-hydrogen) atoms. The highest BCUT2D eigenvalue weighted by Gasteiger charge is 2.69. The van der Waals surface area contributed by atoms with Crippen molar-refractivity contribution in [3.05, 3.63) is 41.1 Å². The predicted octanol–water partition coefficient (Wildman–Crippen LogP) is 8.92. The molecule has 1 aromatic carbocycles. The molecule has 0 radical (unpaired) electrons. The molecular formula is C42H63N3O2. The van der Waals surface area contributed by atoms with E-state index in [9.17, 15) is 4.79 Å². The molecule has 1 heterocycles. The van der Waals surface area contributed by atoms with Crippen LogP contribution in [-0.2, 0) is 16.6 Å². The smallest absolute Gasteiger partial charge is 0.226 e. The minimum atomic E-state index is -0.259. The number of aromatic nitrogens is 1. The Morgan fingerprint density at radius 2 is 1.79 bits per heavy atom. The predicted molar refractivity (Wildman–Crippen MR) is 194 cm³/mol. The van der Waals surface area contributed by atoms with Crippen molar-refractivity contribution < 1.29 is 9.53 Å². The van der Waals surface area contributed by atoms with Crippen LogP contribution in [0, 0.1) is 51.2 Å². The molecule has 258 valence electrons. The van der Waals surface area contributed by atoms with E-state index in [1.807, 2.05) is 0 Å². The molecule has 3 fully saturated rings. The van der Waals surface area contributed by atoms with Crippen molar-refractivity contribution >= 4 is 16.8 Å². The lowest BCUT2D eigenvalue weighted by Gasteiger charge is -2.71. The van der Waals surface area contributed by atoms with Gasteiger partial charge in [-0.15, -0.1) is 0 Å². The maximum atomic E-state index is 14.4. The minimum Gasteiger partial charge on any atom is -0.497 e. The van der Waals surface area contributed by atoms with Gasteiger partial charge in [-0.2, -0.15) is 0 Å². The maximum Gasteiger partial charge on any atom is 0.226 e. The molecule has 0 unspecified atom stereocenters. The normalized spacial score (nSPS) is 40.4. The van der Waals surface area contributed by atoms with Crippen LogP contribution in [0.25, 0.3) is 10.9 Å². The van der Waals surface area contributed by atoms with Gasteiger partial charge in [0.25, 0.3) is 0 Å². The van der Waals surface area contributed by atoms with Crippen molar-refractivity contribution in [2.75, 3.05) is 34.3 Å². The molecule has 0 saturated heterocycles. The minimum absolute atomic E-state index is 0.0700. The third kappa shape index (κ3) is 4.52. The summed E-state index contributed by atoms with van der Waals surface area (Å²) in [5.41, 5.74) is 6.21. The van der Waals surface area contributed by atoms with E-state index in [1.165, 1.54) is 41.4 Å². The largest absolute Gasteiger partial charge is 0.497 e. The Hall–Kier alpha value is -2.27. The number of nitrogens with zero attached hydrogens (tertiary/aromatic N) is 1. The highest BCUT2D eigenvalue weighted by Crippen LogP contribution is 2.75. The summed E-state index contributed by atoms with van der Waals surface area (Å²) in [5.74, 6) is 4.03. The standard InChI is InChI=1S/C42H63N3O2/c1-26-16-19-42(37(46)43-22-11-23-45(8)9)21-20-40(6)31(35(42)27(26)2)13-15-34-39(5)25-30-29-24-28(47-10)12-14-32(29)44-36(30)38(3,4)33(39)17-18-41(34,40)7/h12-14,24,26-27,33-35,44H,11,15-23,25H2,1-10H3,(H,43,46)/t26-,27+,33+,34-,35+,39+,40-,41-,42+/m1/s1. The Morgan fingerprint density at radius 3 is 2.51 bits per heavy atom. The average molecular weight is 642 g/mol. The van der Waals surface area contributed by atoms with E-state index in [0.29, 0.717) is 35.5 Å². The number of ether oxygens (including phenoxy) is 1.